The van der Waals surface area contributed by atoms with Gasteiger partial charge in [0.25, 0.3) is 0 Å². The molecule has 18 heavy (non-hydrogen) atoms. The van der Waals surface area contributed by atoms with Crippen LogP contribution in [-0.2, 0) is 19.1 Å². The molecule has 0 aliphatic carbocycles. The molecule has 0 spiro atoms. The second-order valence-corrected chi connectivity index (χ2v) is 5.59. The van der Waals surface area contributed by atoms with E-state index in [0.717, 1.165) is 0 Å². The van der Waals surface area contributed by atoms with E-state index in [1.807, 2.05) is 41.5 Å². The van der Waals surface area contributed by atoms with E-state index < -0.39 is 11.9 Å². The van der Waals surface area contributed by atoms with Gasteiger partial charge >= 0.3 is 11.9 Å². The van der Waals surface area contributed by atoms with E-state index >= 15 is 0 Å². The van der Waals surface area contributed by atoms with Crippen molar-refractivity contribution in [3.63, 3.8) is 0 Å². The molecule has 0 radical (unpaired) electrons. The van der Waals surface area contributed by atoms with E-state index in [9.17, 15) is 9.59 Å². The third-order valence-electron chi connectivity index (χ3n) is 1.26. The smallest absolute Gasteiger partial charge is 0.329 e. The second kappa shape index (κ2) is 8.05. The van der Waals surface area contributed by atoms with Crippen molar-refractivity contribution in [3.05, 3.63) is 0 Å². The first-order chi connectivity index (χ1) is 7.83. The summed E-state index contributed by atoms with van der Waals surface area (Å²) in [6.45, 7) is 10.5. The molecular weight excluding hydrogens is 240 g/mol. The number of carboxylic acid groups (broad SMARTS) is 2. The Balaban J connectivity index is 0. The molecule has 0 aliphatic heterocycles. The van der Waals surface area contributed by atoms with E-state index in [-0.39, 0.29) is 24.4 Å². The van der Waals surface area contributed by atoms with Crippen molar-refractivity contribution in [2.75, 3.05) is 13.2 Å². The van der Waals surface area contributed by atoms with Crippen molar-refractivity contribution >= 4 is 11.9 Å². The standard InChI is InChI=1S/2C6H12O3/c2*1-6(2,3)9-4-5(7)8/h2*4H2,1-3H3,(H,7,8). The summed E-state index contributed by atoms with van der Waals surface area (Å²) in [4.78, 5) is 19.8. The Morgan fingerprint density at radius 3 is 1.06 bits per heavy atom. The van der Waals surface area contributed by atoms with E-state index in [0.29, 0.717) is 0 Å². The third kappa shape index (κ3) is 24.2. The third-order valence-corrected chi connectivity index (χ3v) is 1.26. The fraction of sp³-hybridized carbons (Fsp3) is 0.833. The lowest BCUT2D eigenvalue weighted by molar-refractivity contribution is -0.147. The molecule has 0 atom stereocenters. The Bertz CT molecular complexity index is 231. The molecule has 0 saturated heterocycles. The summed E-state index contributed by atoms with van der Waals surface area (Å²) >= 11 is 0. The highest BCUT2D eigenvalue weighted by molar-refractivity contribution is 5.68. The molecule has 0 aliphatic rings. The van der Waals surface area contributed by atoms with Gasteiger partial charge in [0.2, 0.25) is 0 Å². The zero-order valence-corrected chi connectivity index (χ0v) is 11.9. The van der Waals surface area contributed by atoms with Gasteiger partial charge in [-0.05, 0) is 41.5 Å². The van der Waals surface area contributed by atoms with Crippen molar-refractivity contribution in [3.8, 4) is 0 Å². The van der Waals surface area contributed by atoms with Gasteiger partial charge in [0.05, 0.1) is 11.2 Å². The number of hydrogen-bond donors (Lipinski definition) is 2. The molecule has 0 bridgehead atoms. The molecule has 0 aromatic heterocycles. The van der Waals surface area contributed by atoms with Gasteiger partial charge in [0.15, 0.2) is 0 Å². The Kier molecular flexibility index (Phi) is 8.59. The quantitative estimate of drug-likeness (QED) is 0.803. The summed E-state index contributed by atoms with van der Waals surface area (Å²) in [6.07, 6.45) is 0. The molecule has 0 saturated carbocycles. The van der Waals surface area contributed by atoms with Gasteiger partial charge < -0.3 is 19.7 Å². The monoisotopic (exact) mass is 264 g/mol. The van der Waals surface area contributed by atoms with E-state index in [1.54, 1.807) is 0 Å². The van der Waals surface area contributed by atoms with Gasteiger partial charge in [-0.3, -0.25) is 0 Å². The zero-order chi connectivity index (χ0) is 15.0. The number of rotatable bonds is 4. The SMILES string of the molecule is CC(C)(C)OCC(=O)O.CC(C)(C)OCC(=O)O. The molecule has 0 unspecified atom stereocenters. The highest BCUT2D eigenvalue weighted by Gasteiger charge is 2.11. The lowest BCUT2D eigenvalue weighted by atomic mass is 10.2. The molecule has 0 fully saturated rings. The fourth-order valence-electron chi connectivity index (χ4n) is 0.556. The van der Waals surface area contributed by atoms with Gasteiger partial charge in [-0.15, -0.1) is 0 Å². The minimum atomic E-state index is -0.926. The maximum absolute atomic E-state index is 9.92. The average molecular weight is 264 g/mol. The predicted molar refractivity (Wildman–Crippen MR) is 66.7 cm³/mol. The van der Waals surface area contributed by atoms with Crippen LogP contribution in [0.15, 0.2) is 0 Å². The van der Waals surface area contributed by atoms with Crippen LogP contribution in [0.3, 0.4) is 0 Å². The zero-order valence-electron chi connectivity index (χ0n) is 11.9. The van der Waals surface area contributed by atoms with Crippen LogP contribution in [0.4, 0.5) is 0 Å². The van der Waals surface area contributed by atoms with Gasteiger partial charge in [-0.1, -0.05) is 0 Å². The lowest BCUT2D eigenvalue weighted by Gasteiger charge is -2.17. The first kappa shape index (κ1) is 19.2. The molecule has 108 valence electrons. The normalized spacial score (nSPS) is 11.4. The number of ether oxygens (including phenoxy) is 2. The van der Waals surface area contributed by atoms with Crippen LogP contribution in [-0.4, -0.2) is 46.6 Å². The molecule has 6 heteroatoms. The van der Waals surface area contributed by atoms with Crippen molar-refractivity contribution in [1.82, 2.24) is 0 Å². The average Bonchev–Trinajstić information content (AvgIpc) is 2.10. The van der Waals surface area contributed by atoms with Crippen LogP contribution >= 0.6 is 0 Å². The summed E-state index contributed by atoms with van der Waals surface area (Å²) in [6, 6.07) is 0. The van der Waals surface area contributed by atoms with Gasteiger partial charge in [-0.25, -0.2) is 9.59 Å². The van der Waals surface area contributed by atoms with Gasteiger partial charge in [-0.2, -0.15) is 0 Å². The van der Waals surface area contributed by atoms with E-state index in [1.165, 1.54) is 0 Å². The van der Waals surface area contributed by atoms with Crippen molar-refractivity contribution in [2.45, 2.75) is 52.7 Å². The number of aliphatic carboxylic acids is 2. The lowest BCUT2D eigenvalue weighted by Crippen LogP contribution is -2.23. The Morgan fingerprint density at radius 2 is 1.00 bits per heavy atom. The second-order valence-electron chi connectivity index (χ2n) is 5.59. The number of carbonyl (C=O) groups is 2. The fourth-order valence-corrected chi connectivity index (χ4v) is 0.556. The number of hydrogen-bond acceptors (Lipinski definition) is 4. The molecule has 0 amide bonds. The summed E-state index contributed by atoms with van der Waals surface area (Å²) in [5.41, 5.74) is -0.698. The van der Waals surface area contributed by atoms with Crippen LogP contribution < -0.4 is 0 Å². The summed E-state index contributed by atoms with van der Waals surface area (Å²) < 4.78 is 9.78. The summed E-state index contributed by atoms with van der Waals surface area (Å²) in [5.74, 6) is -1.85. The van der Waals surface area contributed by atoms with Crippen LogP contribution in [0.1, 0.15) is 41.5 Å². The summed E-state index contributed by atoms with van der Waals surface area (Å²) in [5, 5.41) is 16.3. The summed E-state index contributed by atoms with van der Waals surface area (Å²) in [7, 11) is 0. The minimum Gasteiger partial charge on any atom is -0.480 e. The van der Waals surface area contributed by atoms with Crippen LogP contribution in [0.25, 0.3) is 0 Å². The minimum absolute atomic E-state index is 0.219. The van der Waals surface area contributed by atoms with Crippen LogP contribution in [0.2, 0.25) is 0 Å². The highest BCUT2D eigenvalue weighted by Crippen LogP contribution is 2.05. The number of carboxylic acids is 2. The highest BCUT2D eigenvalue weighted by atomic mass is 16.5. The largest absolute Gasteiger partial charge is 0.480 e. The molecule has 0 rings (SSSR count). The molecule has 0 heterocycles. The first-order valence-corrected chi connectivity index (χ1v) is 5.55. The van der Waals surface area contributed by atoms with Crippen molar-refractivity contribution < 1.29 is 29.3 Å². The Hall–Kier alpha value is -1.14. The first-order valence-electron chi connectivity index (χ1n) is 5.55. The Labute approximate surface area is 108 Å². The van der Waals surface area contributed by atoms with Crippen molar-refractivity contribution in [1.29, 1.82) is 0 Å². The molecular formula is C12H24O6. The molecule has 2 N–H and O–H groups in total. The van der Waals surface area contributed by atoms with E-state index in [4.69, 9.17) is 19.7 Å². The van der Waals surface area contributed by atoms with Gasteiger partial charge in [0, 0.05) is 0 Å². The van der Waals surface area contributed by atoms with E-state index in [2.05, 4.69) is 0 Å². The predicted octanol–water partition coefficient (Wildman–Crippen LogP) is 1.77. The maximum atomic E-state index is 9.92. The Morgan fingerprint density at radius 1 is 0.778 bits per heavy atom. The topological polar surface area (TPSA) is 93.1 Å². The van der Waals surface area contributed by atoms with Crippen LogP contribution in [0.5, 0.6) is 0 Å². The molecule has 0 aromatic rings. The molecule has 0 aromatic carbocycles. The maximum Gasteiger partial charge on any atom is 0.329 e. The van der Waals surface area contributed by atoms with Crippen LogP contribution in [0, 0.1) is 0 Å². The van der Waals surface area contributed by atoms with Gasteiger partial charge in [0.1, 0.15) is 13.2 Å². The molecule has 6 nitrogen and oxygen atoms in total. The van der Waals surface area contributed by atoms with Crippen molar-refractivity contribution in [2.24, 2.45) is 0 Å².